The van der Waals surface area contributed by atoms with Crippen molar-refractivity contribution in [2.24, 2.45) is 0 Å². The van der Waals surface area contributed by atoms with Gasteiger partial charge in [-0.3, -0.25) is 4.79 Å². The molecule has 1 aliphatic rings. The lowest BCUT2D eigenvalue weighted by atomic mass is 9.84. The second kappa shape index (κ2) is 12.5. The molecule has 192 valence electrons. The molecule has 0 saturated heterocycles. The van der Waals surface area contributed by atoms with Crippen LogP contribution in [0.25, 0.3) is 11.3 Å². The van der Waals surface area contributed by atoms with E-state index in [2.05, 4.69) is 26.1 Å². The van der Waals surface area contributed by atoms with Crippen LogP contribution in [0.2, 0.25) is 0 Å². The highest BCUT2D eigenvalue weighted by molar-refractivity contribution is 5.91. The Hall–Kier alpha value is -3.50. The van der Waals surface area contributed by atoms with Crippen LogP contribution in [0, 0.1) is 6.92 Å². The summed E-state index contributed by atoms with van der Waals surface area (Å²) >= 11 is 0. The second-order valence-electron chi connectivity index (χ2n) is 9.16. The van der Waals surface area contributed by atoms with Gasteiger partial charge in [0.15, 0.2) is 0 Å². The minimum absolute atomic E-state index is 0.0675. The van der Waals surface area contributed by atoms with Crippen LogP contribution in [0.4, 0.5) is 23.0 Å². The molecule has 3 aromatic rings. The van der Waals surface area contributed by atoms with Crippen molar-refractivity contribution >= 4 is 28.9 Å². The maximum atomic E-state index is 12.3. The molecule has 0 bridgehead atoms. The van der Waals surface area contributed by atoms with Crippen molar-refractivity contribution in [1.29, 1.82) is 0 Å². The van der Waals surface area contributed by atoms with Crippen molar-refractivity contribution in [3.05, 3.63) is 41.9 Å². The maximum absolute atomic E-state index is 12.3. The third kappa shape index (κ3) is 6.58. The lowest BCUT2D eigenvalue weighted by Crippen LogP contribution is -2.21. The van der Waals surface area contributed by atoms with E-state index in [1.54, 1.807) is 6.20 Å². The van der Waals surface area contributed by atoms with E-state index in [1.165, 1.54) is 19.3 Å². The van der Waals surface area contributed by atoms with Gasteiger partial charge in [-0.05, 0) is 50.9 Å². The number of hydrogen-bond acceptors (Lipinski definition) is 9. The van der Waals surface area contributed by atoms with Crippen molar-refractivity contribution in [2.75, 3.05) is 36.1 Å². The molecule has 0 radical (unpaired) electrons. The SMILES string of the molecule is Cc1onc(C2CCCCC2)c1-c1nc(Nc2cccc(NC(=O)CCCNCCO)c2)ncc1N. The zero-order valence-corrected chi connectivity index (χ0v) is 20.7. The molecule has 2 heterocycles. The number of anilines is 4. The van der Waals surface area contributed by atoms with E-state index in [0.717, 1.165) is 29.8 Å². The molecule has 0 aliphatic heterocycles. The summed E-state index contributed by atoms with van der Waals surface area (Å²) in [6.45, 7) is 3.19. The molecular formula is C26H35N7O3. The normalized spacial score (nSPS) is 14.1. The zero-order chi connectivity index (χ0) is 25.3. The Morgan fingerprint density at radius 2 is 2.00 bits per heavy atom. The number of carbonyl (C=O) groups excluding carboxylic acids is 1. The third-order valence-electron chi connectivity index (χ3n) is 6.38. The van der Waals surface area contributed by atoms with Gasteiger partial charge in [0.2, 0.25) is 11.9 Å². The molecule has 2 aromatic heterocycles. The largest absolute Gasteiger partial charge is 0.396 e. The second-order valence-corrected chi connectivity index (χ2v) is 9.16. The zero-order valence-electron chi connectivity index (χ0n) is 20.7. The number of nitrogens with one attached hydrogen (secondary N) is 3. The van der Waals surface area contributed by atoms with Crippen molar-refractivity contribution < 1.29 is 14.4 Å². The number of amides is 1. The van der Waals surface area contributed by atoms with Gasteiger partial charge in [-0.15, -0.1) is 0 Å². The summed E-state index contributed by atoms with van der Waals surface area (Å²) in [6, 6.07) is 7.40. The van der Waals surface area contributed by atoms with Crippen LogP contribution in [0.5, 0.6) is 0 Å². The quantitative estimate of drug-likeness (QED) is 0.248. The summed E-state index contributed by atoms with van der Waals surface area (Å²) in [7, 11) is 0. The molecule has 0 spiro atoms. The van der Waals surface area contributed by atoms with E-state index in [1.807, 2.05) is 31.2 Å². The number of carbonyl (C=O) groups is 1. The maximum Gasteiger partial charge on any atom is 0.227 e. The molecule has 36 heavy (non-hydrogen) atoms. The van der Waals surface area contributed by atoms with Gasteiger partial charge >= 0.3 is 0 Å². The van der Waals surface area contributed by atoms with Gasteiger partial charge < -0.3 is 31.3 Å². The Bertz CT molecular complexity index is 1160. The van der Waals surface area contributed by atoms with Gasteiger partial charge in [-0.2, -0.15) is 0 Å². The monoisotopic (exact) mass is 493 g/mol. The number of benzene rings is 1. The molecule has 1 saturated carbocycles. The number of aromatic nitrogens is 3. The Kier molecular flexibility index (Phi) is 8.85. The third-order valence-corrected chi connectivity index (χ3v) is 6.38. The Balaban J connectivity index is 1.46. The number of hydrogen-bond donors (Lipinski definition) is 5. The summed E-state index contributed by atoms with van der Waals surface area (Å²) in [5.41, 5.74) is 10.6. The molecule has 10 heteroatoms. The predicted molar refractivity (Wildman–Crippen MR) is 140 cm³/mol. The Morgan fingerprint density at radius 1 is 1.19 bits per heavy atom. The van der Waals surface area contributed by atoms with E-state index < -0.39 is 0 Å². The molecule has 0 unspecified atom stereocenters. The van der Waals surface area contributed by atoms with Crippen molar-refractivity contribution in [1.82, 2.24) is 20.4 Å². The van der Waals surface area contributed by atoms with E-state index in [-0.39, 0.29) is 12.5 Å². The van der Waals surface area contributed by atoms with Crippen LogP contribution in [0.15, 0.2) is 35.0 Å². The van der Waals surface area contributed by atoms with E-state index in [0.29, 0.717) is 60.6 Å². The highest BCUT2D eigenvalue weighted by Crippen LogP contribution is 2.40. The van der Waals surface area contributed by atoms with Crippen LogP contribution in [0.3, 0.4) is 0 Å². The van der Waals surface area contributed by atoms with Crippen molar-refractivity contribution in [3.63, 3.8) is 0 Å². The molecule has 4 rings (SSSR count). The van der Waals surface area contributed by atoms with Crippen LogP contribution >= 0.6 is 0 Å². The minimum Gasteiger partial charge on any atom is -0.396 e. The summed E-state index contributed by atoms with van der Waals surface area (Å²) in [4.78, 5) is 21.3. The lowest BCUT2D eigenvalue weighted by Gasteiger charge is -2.20. The molecule has 0 atom stereocenters. The summed E-state index contributed by atoms with van der Waals surface area (Å²) in [6.07, 6.45) is 8.50. The van der Waals surface area contributed by atoms with Gasteiger partial charge in [0.05, 0.1) is 29.7 Å². The first-order chi connectivity index (χ1) is 17.5. The fourth-order valence-electron chi connectivity index (χ4n) is 4.59. The fourth-order valence-corrected chi connectivity index (χ4v) is 4.59. The molecule has 6 N–H and O–H groups in total. The van der Waals surface area contributed by atoms with Crippen molar-refractivity contribution in [3.8, 4) is 11.3 Å². The van der Waals surface area contributed by atoms with Crippen molar-refractivity contribution in [2.45, 2.75) is 57.8 Å². The molecule has 1 aliphatic carbocycles. The van der Waals surface area contributed by atoms with Crippen LogP contribution in [0.1, 0.15) is 62.3 Å². The number of aryl methyl sites for hydroxylation is 1. The summed E-state index contributed by atoms with van der Waals surface area (Å²) in [5, 5.41) is 22.4. The molecular weight excluding hydrogens is 458 g/mol. The lowest BCUT2D eigenvalue weighted by molar-refractivity contribution is -0.116. The van der Waals surface area contributed by atoms with Gasteiger partial charge in [-0.25, -0.2) is 9.97 Å². The molecule has 1 fully saturated rings. The number of nitrogens with two attached hydrogens (primary N) is 1. The summed E-state index contributed by atoms with van der Waals surface area (Å²) in [5.74, 6) is 1.38. The first-order valence-corrected chi connectivity index (χ1v) is 12.6. The van der Waals surface area contributed by atoms with Crippen LogP contribution in [-0.2, 0) is 4.79 Å². The smallest absolute Gasteiger partial charge is 0.227 e. The average Bonchev–Trinajstić information content (AvgIpc) is 3.27. The number of aliphatic hydroxyl groups is 1. The van der Waals surface area contributed by atoms with Gasteiger partial charge in [-0.1, -0.05) is 30.5 Å². The molecule has 1 aromatic carbocycles. The molecule has 10 nitrogen and oxygen atoms in total. The topological polar surface area (TPSA) is 151 Å². The average molecular weight is 494 g/mol. The summed E-state index contributed by atoms with van der Waals surface area (Å²) < 4.78 is 5.57. The van der Waals surface area contributed by atoms with E-state index >= 15 is 0 Å². The fraction of sp³-hybridized carbons (Fsp3) is 0.462. The van der Waals surface area contributed by atoms with Gasteiger partial charge in [0.25, 0.3) is 0 Å². The van der Waals surface area contributed by atoms with Gasteiger partial charge in [0, 0.05) is 30.3 Å². The number of nitrogen functional groups attached to an aromatic ring is 1. The first kappa shape index (κ1) is 25.6. The number of aliphatic hydroxyl groups excluding tert-OH is 1. The molecule has 1 amide bonds. The first-order valence-electron chi connectivity index (χ1n) is 12.6. The van der Waals surface area contributed by atoms with Gasteiger partial charge in [0.1, 0.15) is 11.5 Å². The van der Waals surface area contributed by atoms with Crippen LogP contribution < -0.4 is 21.7 Å². The van der Waals surface area contributed by atoms with E-state index in [9.17, 15) is 4.79 Å². The minimum atomic E-state index is -0.0675. The standard InChI is InChI=1S/C26H35N7O3/c1-17-23(24(33-36-17)18-7-3-2-4-8-18)25-21(27)16-29-26(32-25)31-20-10-5-9-19(15-20)30-22(35)11-6-12-28-13-14-34/h5,9-10,15-16,18,28,34H,2-4,6-8,11-14,27H2,1H3,(H,30,35)(H,29,31,32). The predicted octanol–water partition coefficient (Wildman–Crippen LogP) is 4.11. The highest BCUT2D eigenvalue weighted by Gasteiger charge is 2.27. The Labute approximate surface area is 211 Å². The highest BCUT2D eigenvalue weighted by atomic mass is 16.5. The van der Waals surface area contributed by atoms with Crippen LogP contribution in [-0.4, -0.2) is 45.8 Å². The Morgan fingerprint density at radius 3 is 2.81 bits per heavy atom. The number of nitrogens with zero attached hydrogens (tertiary/aromatic N) is 3. The number of rotatable bonds is 11. The van der Waals surface area contributed by atoms with E-state index in [4.69, 9.17) is 20.3 Å².